The monoisotopic (exact) mass is 386 g/mol. The average molecular weight is 386 g/mol. The zero-order chi connectivity index (χ0) is 18.1. The molecular weight excluding hydrogens is 370 g/mol. The molecule has 25 heavy (non-hydrogen) atoms. The molecule has 1 aromatic carbocycles. The Morgan fingerprint density at radius 3 is 2.80 bits per heavy atom. The molecule has 2 rings (SSSR count). The number of nitrogens with one attached hydrogen (secondary N) is 2. The fraction of sp³-hybridized carbons (Fsp3) is 0.267. The van der Waals surface area contributed by atoms with Gasteiger partial charge in [0.1, 0.15) is 5.75 Å². The summed E-state index contributed by atoms with van der Waals surface area (Å²) in [6.07, 6.45) is 1.72. The number of halogens is 2. The van der Waals surface area contributed by atoms with Gasteiger partial charge < -0.3 is 15.4 Å². The summed E-state index contributed by atoms with van der Waals surface area (Å²) in [5.41, 5.74) is 0.784. The third-order valence-corrected chi connectivity index (χ3v) is 4.78. The van der Waals surface area contributed by atoms with Crippen molar-refractivity contribution in [1.29, 1.82) is 0 Å². The van der Waals surface area contributed by atoms with E-state index in [4.69, 9.17) is 0 Å². The average Bonchev–Trinajstić information content (AvgIpc) is 3.05. The van der Waals surface area contributed by atoms with Gasteiger partial charge in [-0.2, -0.15) is 8.78 Å². The van der Waals surface area contributed by atoms with Gasteiger partial charge in [-0.15, -0.1) is 16.8 Å². The molecule has 2 N–H and O–H groups in total. The number of ether oxygens (including phenoxy) is 1. The van der Waals surface area contributed by atoms with Crippen LogP contribution in [0.3, 0.4) is 0 Å². The van der Waals surface area contributed by atoms with E-state index in [-0.39, 0.29) is 17.4 Å². The van der Waals surface area contributed by atoms with Crippen LogP contribution in [-0.2, 0) is 11.3 Å². The predicted molar refractivity (Wildman–Crippen MR) is 94.2 cm³/mol. The van der Waals surface area contributed by atoms with Gasteiger partial charge in [0.25, 0.3) is 0 Å². The smallest absolute Gasteiger partial charge is 0.387 e. The van der Waals surface area contributed by atoms with Gasteiger partial charge >= 0.3 is 6.61 Å². The summed E-state index contributed by atoms with van der Waals surface area (Å²) < 4.78 is 29.1. The van der Waals surface area contributed by atoms with Crippen LogP contribution in [0.5, 0.6) is 5.75 Å². The van der Waals surface area contributed by atoms with Crippen LogP contribution in [0, 0.1) is 0 Å². The highest BCUT2D eigenvalue weighted by molar-refractivity contribution is 8.01. The van der Waals surface area contributed by atoms with Crippen molar-refractivity contribution in [3.63, 3.8) is 0 Å². The van der Waals surface area contributed by atoms with Gasteiger partial charge in [0, 0.05) is 13.1 Å². The molecule has 6 nitrogen and oxygen atoms in total. The highest BCUT2D eigenvalue weighted by Gasteiger charge is 2.08. The first kappa shape index (κ1) is 19.1. The molecule has 1 heterocycles. The third kappa shape index (κ3) is 7.06. The molecule has 2 aromatic rings. The fourth-order valence-electron chi connectivity index (χ4n) is 1.67. The zero-order valence-electron chi connectivity index (χ0n) is 13.1. The molecular formula is C15H16F2N4O2S2. The van der Waals surface area contributed by atoms with Crippen LogP contribution in [0.1, 0.15) is 5.56 Å². The van der Waals surface area contributed by atoms with Crippen LogP contribution < -0.4 is 15.4 Å². The Morgan fingerprint density at radius 2 is 2.12 bits per heavy atom. The Labute approximate surface area is 151 Å². The van der Waals surface area contributed by atoms with Crippen molar-refractivity contribution in [2.45, 2.75) is 17.5 Å². The second-order valence-corrected chi connectivity index (χ2v) is 6.83. The molecule has 0 aliphatic heterocycles. The lowest BCUT2D eigenvalue weighted by atomic mass is 10.2. The molecule has 0 aliphatic rings. The van der Waals surface area contributed by atoms with Crippen LogP contribution in [-0.4, -0.2) is 35.0 Å². The Hall–Kier alpha value is -2.20. The van der Waals surface area contributed by atoms with Gasteiger partial charge in [0.05, 0.1) is 5.75 Å². The molecule has 1 amide bonds. The summed E-state index contributed by atoms with van der Waals surface area (Å²) in [5, 5.41) is 14.4. The van der Waals surface area contributed by atoms with Gasteiger partial charge in [-0.05, 0) is 17.7 Å². The first-order valence-corrected chi connectivity index (χ1v) is 8.98. The Balaban J connectivity index is 1.71. The lowest BCUT2D eigenvalue weighted by Crippen LogP contribution is -2.24. The number of rotatable bonds is 10. The molecule has 1 aromatic heterocycles. The topological polar surface area (TPSA) is 76.1 Å². The Bertz CT molecular complexity index is 695. The summed E-state index contributed by atoms with van der Waals surface area (Å²) in [4.78, 5) is 11.9. The SMILES string of the molecule is C=CCNc1nnc(SCC(=O)NCc2ccc(OC(F)F)cc2)s1. The molecule has 0 spiro atoms. The number of hydrogen-bond acceptors (Lipinski definition) is 7. The Morgan fingerprint density at radius 1 is 1.36 bits per heavy atom. The summed E-state index contributed by atoms with van der Waals surface area (Å²) in [6, 6.07) is 6.10. The molecule has 134 valence electrons. The van der Waals surface area contributed by atoms with Crippen LogP contribution in [0.2, 0.25) is 0 Å². The minimum atomic E-state index is -2.85. The second-order valence-electron chi connectivity index (χ2n) is 4.63. The van der Waals surface area contributed by atoms with Crippen molar-refractivity contribution in [1.82, 2.24) is 15.5 Å². The van der Waals surface area contributed by atoms with E-state index in [2.05, 4.69) is 32.1 Å². The highest BCUT2D eigenvalue weighted by Crippen LogP contribution is 2.25. The van der Waals surface area contributed by atoms with E-state index in [1.807, 2.05) is 0 Å². The maximum atomic E-state index is 12.1. The molecule has 0 aliphatic carbocycles. The number of alkyl halides is 2. The molecule has 0 unspecified atom stereocenters. The number of benzene rings is 1. The number of aromatic nitrogens is 2. The van der Waals surface area contributed by atoms with E-state index in [1.165, 1.54) is 35.2 Å². The number of amides is 1. The van der Waals surface area contributed by atoms with Crippen LogP contribution >= 0.6 is 23.1 Å². The van der Waals surface area contributed by atoms with E-state index >= 15 is 0 Å². The number of hydrogen-bond donors (Lipinski definition) is 2. The molecule has 10 heteroatoms. The number of carbonyl (C=O) groups excluding carboxylic acids is 1. The van der Waals surface area contributed by atoms with Crippen molar-refractivity contribution in [2.75, 3.05) is 17.6 Å². The van der Waals surface area contributed by atoms with Crippen molar-refractivity contribution < 1.29 is 18.3 Å². The normalized spacial score (nSPS) is 10.5. The summed E-state index contributed by atoms with van der Waals surface area (Å²) in [6.45, 7) is 1.65. The highest BCUT2D eigenvalue weighted by atomic mass is 32.2. The third-order valence-electron chi connectivity index (χ3n) is 2.77. The summed E-state index contributed by atoms with van der Waals surface area (Å²) in [5.74, 6) is 0.134. The standard InChI is InChI=1S/C15H16F2N4O2S2/c1-2-7-18-14-20-21-15(25-14)24-9-12(22)19-8-10-3-5-11(6-4-10)23-13(16)17/h2-6,13H,1,7-9H2,(H,18,20)(H,19,22). The first-order chi connectivity index (χ1) is 12.1. The minimum absolute atomic E-state index is 0.0813. The van der Waals surface area contributed by atoms with Crippen LogP contribution in [0.25, 0.3) is 0 Å². The molecule has 0 fully saturated rings. The van der Waals surface area contributed by atoms with E-state index in [0.717, 1.165) is 5.56 Å². The Kier molecular flexibility index (Phi) is 7.61. The second kappa shape index (κ2) is 9.94. The molecule has 0 bridgehead atoms. The van der Waals surface area contributed by atoms with Crippen LogP contribution in [0.4, 0.5) is 13.9 Å². The van der Waals surface area contributed by atoms with Crippen molar-refractivity contribution >= 4 is 34.1 Å². The minimum Gasteiger partial charge on any atom is -0.435 e. The quantitative estimate of drug-likeness (QED) is 0.483. The lowest BCUT2D eigenvalue weighted by molar-refractivity contribution is -0.118. The number of thioether (sulfide) groups is 1. The number of anilines is 1. The maximum Gasteiger partial charge on any atom is 0.387 e. The predicted octanol–water partition coefficient (Wildman–Crippen LogP) is 3.15. The number of carbonyl (C=O) groups is 1. The van der Waals surface area contributed by atoms with Crippen LogP contribution in [0.15, 0.2) is 41.3 Å². The lowest BCUT2D eigenvalue weighted by Gasteiger charge is -2.07. The van der Waals surface area contributed by atoms with Gasteiger partial charge in [-0.3, -0.25) is 4.79 Å². The molecule has 0 radical (unpaired) electrons. The maximum absolute atomic E-state index is 12.1. The first-order valence-electron chi connectivity index (χ1n) is 7.18. The van der Waals surface area contributed by atoms with E-state index in [1.54, 1.807) is 18.2 Å². The largest absolute Gasteiger partial charge is 0.435 e. The van der Waals surface area contributed by atoms with Gasteiger partial charge in [-0.25, -0.2) is 0 Å². The fourth-order valence-corrected chi connectivity index (χ4v) is 3.26. The van der Waals surface area contributed by atoms with E-state index < -0.39 is 6.61 Å². The van der Waals surface area contributed by atoms with Crippen molar-refractivity contribution in [3.8, 4) is 5.75 Å². The molecule has 0 saturated carbocycles. The van der Waals surface area contributed by atoms with Gasteiger partial charge in [-0.1, -0.05) is 41.3 Å². The van der Waals surface area contributed by atoms with Gasteiger partial charge in [0.15, 0.2) is 4.34 Å². The van der Waals surface area contributed by atoms with Crippen molar-refractivity contribution in [3.05, 3.63) is 42.5 Å². The molecule has 0 saturated heterocycles. The summed E-state index contributed by atoms with van der Waals surface area (Å²) >= 11 is 2.65. The number of nitrogens with zero attached hydrogens (tertiary/aromatic N) is 2. The zero-order valence-corrected chi connectivity index (χ0v) is 14.7. The van der Waals surface area contributed by atoms with Gasteiger partial charge in [0.2, 0.25) is 11.0 Å². The van der Waals surface area contributed by atoms with E-state index in [9.17, 15) is 13.6 Å². The summed E-state index contributed by atoms with van der Waals surface area (Å²) in [7, 11) is 0. The molecule has 0 atom stereocenters. The van der Waals surface area contributed by atoms with E-state index in [0.29, 0.717) is 22.6 Å². The van der Waals surface area contributed by atoms with Crippen molar-refractivity contribution in [2.24, 2.45) is 0 Å².